The molecule has 0 aliphatic carbocycles. The first-order valence-corrected chi connectivity index (χ1v) is 6.04. The van der Waals surface area contributed by atoms with Crippen molar-refractivity contribution >= 4 is 17.3 Å². The Morgan fingerprint density at radius 1 is 1.24 bits per heavy atom. The van der Waals surface area contributed by atoms with Crippen molar-refractivity contribution in [1.82, 2.24) is 5.32 Å². The van der Waals surface area contributed by atoms with Crippen molar-refractivity contribution in [3.63, 3.8) is 0 Å². The quantitative estimate of drug-likeness (QED) is 0.512. The fourth-order valence-corrected chi connectivity index (χ4v) is 1.71. The number of hydrogen-bond donors (Lipinski definition) is 2. The number of nitrogens with one attached hydrogen (secondary N) is 1. The second-order valence-corrected chi connectivity index (χ2v) is 4.35. The van der Waals surface area contributed by atoms with Gasteiger partial charge in [-0.25, -0.2) is 4.39 Å². The predicted molar refractivity (Wildman–Crippen MR) is 75.1 cm³/mol. The van der Waals surface area contributed by atoms with E-state index in [1.807, 2.05) is 0 Å². The molecular formula is C14H12FN3O3. The Morgan fingerprint density at radius 3 is 2.48 bits per heavy atom. The third-order valence-electron chi connectivity index (χ3n) is 2.84. The molecule has 0 atom stereocenters. The Hall–Kier alpha value is -2.96. The van der Waals surface area contributed by atoms with Gasteiger partial charge >= 0.3 is 0 Å². The van der Waals surface area contributed by atoms with Crippen molar-refractivity contribution in [2.24, 2.45) is 0 Å². The summed E-state index contributed by atoms with van der Waals surface area (Å²) in [5.41, 5.74) is 6.31. The van der Waals surface area contributed by atoms with Crippen LogP contribution in [0.15, 0.2) is 42.5 Å². The second kappa shape index (κ2) is 6.00. The van der Waals surface area contributed by atoms with Crippen LogP contribution in [0.25, 0.3) is 0 Å². The maximum Gasteiger partial charge on any atom is 0.272 e. The summed E-state index contributed by atoms with van der Waals surface area (Å²) in [5.74, 6) is -1.57. The van der Waals surface area contributed by atoms with Gasteiger partial charge in [0.05, 0.1) is 16.6 Å². The highest BCUT2D eigenvalue weighted by Gasteiger charge is 2.15. The summed E-state index contributed by atoms with van der Waals surface area (Å²) in [4.78, 5) is 21.6. The number of carbonyl (C=O) groups excluding carboxylic acids is 1. The van der Waals surface area contributed by atoms with Gasteiger partial charge in [-0.05, 0) is 23.8 Å². The maximum atomic E-state index is 13.7. The van der Waals surface area contributed by atoms with E-state index in [0.29, 0.717) is 5.69 Å². The standard InChI is InChI=1S/C14H12FN3O3/c15-13-7-11(18(20)21)5-6-12(13)14(19)17-8-9-1-3-10(16)4-2-9/h1-7H,8,16H2,(H,17,19). The zero-order valence-electron chi connectivity index (χ0n) is 10.9. The van der Waals surface area contributed by atoms with E-state index < -0.39 is 22.3 Å². The van der Waals surface area contributed by atoms with Crippen molar-refractivity contribution in [3.8, 4) is 0 Å². The van der Waals surface area contributed by atoms with Crippen molar-refractivity contribution < 1.29 is 14.1 Å². The molecule has 0 aromatic heterocycles. The lowest BCUT2D eigenvalue weighted by atomic mass is 10.1. The van der Waals surface area contributed by atoms with Crippen LogP contribution < -0.4 is 11.1 Å². The van der Waals surface area contributed by atoms with Gasteiger partial charge in [-0.3, -0.25) is 14.9 Å². The lowest BCUT2D eigenvalue weighted by Crippen LogP contribution is -2.23. The van der Waals surface area contributed by atoms with Crippen molar-refractivity contribution in [3.05, 3.63) is 69.5 Å². The van der Waals surface area contributed by atoms with Gasteiger partial charge in [0, 0.05) is 18.3 Å². The fraction of sp³-hybridized carbons (Fsp3) is 0.0714. The minimum Gasteiger partial charge on any atom is -0.399 e. The third-order valence-corrected chi connectivity index (χ3v) is 2.84. The molecule has 3 N–H and O–H groups in total. The lowest BCUT2D eigenvalue weighted by molar-refractivity contribution is -0.385. The zero-order chi connectivity index (χ0) is 15.4. The molecular weight excluding hydrogens is 277 g/mol. The van der Waals surface area contributed by atoms with Crippen molar-refractivity contribution in [1.29, 1.82) is 0 Å². The highest BCUT2D eigenvalue weighted by Crippen LogP contribution is 2.16. The van der Waals surface area contributed by atoms with Crippen LogP contribution in [0, 0.1) is 15.9 Å². The number of nitrogens with two attached hydrogens (primary N) is 1. The topological polar surface area (TPSA) is 98.3 Å². The van der Waals surface area contributed by atoms with Crippen LogP contribution in [0.2, 0.25) is 0 Å². The van der Waals surface area contributed by atoms with Crippen LogP contribution in [0.1, 0.15) is 15.9 Å². The molecule has 0 unspecified atom stereocenters. The Balaban J connectivity index is 2.06. The van der Waals surface area contributed by atoms with E-state index in [1.165, 1.54) is 0 Å². The van der Waals surface area contributed by atoms with Crippen LogP contribution in [0.4, 0.5) is 15.8 Å². The number of rotatable bonds is 4. The smallest absolute Gasteiger partial charge is 0.272 e. The first-order valence-electron chi connectivity index (χ1n) is 6.04. The second-order valence-electron chi connectivity index (χ2n) is 4.35. The number of nitrogen functional groups attached to an aromatic ring is 1. The summed E-state index contributed by atoms with van der Waals surface area (Å²) in [7, 11) is 0. The Bertz CT molecular complexity index is 686. The number of halogens is 1. The summed E-state index contributed by atoms with van der Waals surface area (Å²) in [6, 6.07) is 9.75. The fourth-order valence-electron chi connectivity index (χ4n) is 1.71. The Morgan fingerprint density at radius 2 is 1.90 bits per heavy atom. The molecule has 2 aromatic rings. The maximum absolute atomic E-state index is 13.7. The van der Waals surface area contributed by atoms with Crippen LogP contribution in [0.5, 0.6) is 0 Å². The van der Waals surface area contributed by atoms with E-state index in [-0.39, 0.29) is 12.1 Å². The van der Waals surface area contributed by atoms with Gasteiger partial charge in [0.2, 0.25) is 0 Å². The molecule has 0 fully saturated rings. The molecule has 0 spiro atoms. The van der Waals surface area contributed by atoms with Gasteiger partial charge in [0.25, 0.3) is 11.6 Å². The Labute approximate surface area is 119 Å². The van der Waals surface area contributed by atoms with Crippen molar-refractivity contribution in [2.75, 3.05) is 5.73 Å². The van der Waals surface area contributed by atoms with Crippen LogP contribution in [0.3, 0.4) is 0 Å². The molecule has 7 heteroatoms. The van der Waals surface area contributed by atoms with E-state index in [1.54, 1.807) is 24.3 Å². The summed E-state index contributed by atoms with van der Waals surface area (Å²) < 4.78 is 13.7. The molecule has 2 rings (SSSR count). The largest absolute Gasteiger partial charge is 0.399 e. The number of benzene rings is 2. The SMILES string of the molecule is Nc1ccc(CNC(=O)c2ccc([N+](=O)[O-])cc2F)cc1. The van der Waals surface area contributed by atoms with Gasteiger partial charge in [-0.2, -0.15) is 0 Å². The van der Waals surface area contributed by atoms with Gasteiger partial charge in [-0.1, -0.05) is 12.1 Å². The van der Waals surface area contributed by atoms with E-state index in [0.717, 1.165) is 23.8 Å². The molecule has 2 aromatic carbocycles. The number of amides is 1. The van der Waals surface area contributed by atoms with Crippen LogP contribution in [-0.2, 0) is 6.54 Å². The summed E-state index contributed by atoms with van der Waals surface area (Å²) in [6.07, 6.45) is 0. The molecule has 21 heavy (non-hydrogen) atoms. The normalized spacial score (nSPS) is 10.1. The highest BCUT2D eigenvalue weighted by atomic mass is 19.1. The van der Waals surface area contributed by atoms with Gasteiger partial charge in [0.15, 0.2) is 0 Å². The number of nitrogens with zero attached hydrogens (tertiary/aromatic N) is 1. The molecule has 0 aliphatic heterocycles. The summed E-state index contributed by atoms with van der Waals surface area (Å²) >= 11 is 0. The number of non-ortho nitro benzene ring substituents is 1. The molecule has 6 nitrogen and oxygen atoms in total. The molecule has 0 saturated heterocycles. The van der Waals surface area contributed by atoms with Crippen LogP contribution >= 0.6 is 0 Å². The van der Waals surface area contributed by atoms with Gasteiger partial charge in [-0.15, -0.1) is 0 Å². The van der Waals surface area contributed by atoms with E-state index in [9.17, 15) is 19.3 Å². The number of nitro groups is 1. The van der Waals surface area contributed by atoms with Gasteiger partial charge in [0.1, 0.15) is 5.82 Å². The number of carbonyl (C=O) groups is 1. The number of anilines is 1. The molecule has 108 valence electrons. The molecule has 1 amide bonds. The number of nitro benzene ring substituents is 1. The van der Waals surface area contributed by atoms with Crippen LogP contribution in [-0.4, -0.2) is 10.8 Å². The Kier molecular flexibility index (Phi) is 4.13. The average Bonchev–Trinajstić information content (AvgIpc) is 2.46. The first-order chi connectivity index (χ1) is 9.97. The first kappa shape index (κ1) is 14.4. The van der Waals surface area contributed by atoms with Gasteiger partial charge < -0.3 is 11.1 Å². The summed E-state index contributed by atoms with van der Waals surface area (Å²) in [6.45, 7) is 0.204. The molecule has 0 heterocycles. The zero-order valence-corrected chi connectivity index (χ0v) is 10.9. The van der Waals surface area contributed by atoms with E-state index in [2.05, 4.69) is 5.32 Å². The highest BCUT2D eigenvalue weighted by molar-refractivity contribution is 5.94. The average molecular weight is 289 g/mol. The molecule has 0 bridgehead atoms. The van der Waals surface area contributed by atoms with E-state index >= 15 is 0 Å². The van der Waals surface area contributed by atoms with E-state index in [4.69, 9.17) is 5.73 Å². The number of hydrogen-bond acceptors (Lipinski definition) is 4. The molecule has 0 radical (unpaired) electrons. The lowest BCUT2D eigenvalue weighted by Gasteiger charge is -2.06. The minimum absolute atomic E-state index is 0.204. The molecule has 0 aliphatic rings. The monoisotopic (exact) mass is 289 g/mol. The predicted octanol–water partition coefficient (Wildman–Crippen LogP) is 2.25. The third kappa shape index (κ3) is 3.53. The molecule has 0 saturated carbocycles. The summed E-state index contributed by atoms with van der Waals surface area (Å²) in [5, 5.41) is 13.0. The van der Waals surface area contributed by atoms with Crippen molar-refractivity contribution in [2.45, 2.75) is 6.54 Å². The minimum atomic E-state index is -0.931.